The third-order valence-electron chi connectivity index (χ3n) is 2.23. The molecule has 0 aliphatic heterocycles. The summed E-state index contributed by atoms with van der Waals surface area (Å²) in [4.78, 5) is 11.1. The predicted molar refractivity (Wildman–Crippen MR) is 60.5 cm³/mol. The van der Waals surface area contributed by atoms with Crippen molar-refractivity contribution in [2.24, 2.45) is 0 Å². The quantitative estimate of drug-likeness (QED) is 0.765. The Labute approximate surface area is 95.1 Å². The summed E-state index contributed by atoms with van der Waals surface area (Å²) in [6.45, 7) is 1.54. The van der Waals surface area contributed by atoms with Gasteiger partial charge in [-0.1, -0.05) is 6.07 Å². The second-order valence-electron chi connectivity index (χ2n) is 3.37. The Morgan fingerprint density at radius 3 is 2.12 bits per heavy atom. The van der Waals surface area contributed by atoms with E-state index in [1.807, 2.05) is 6.07 Å². The largest absolute Gasteiger partial charge is 0.493 e. The first-order valence-corrected chi connectivity index (χ1v) is 4.91. The molecule has 0 aliphatic rings. The van der Waals surface area contributed by atoms with Crippen molar-refractivity contribution >= 4 is 5.78 Å². The van der Waals surface area contributed by atoms with E-state index in [0.717, 1.165) is 5.56 Å². The molecule has 4 heteroatoms. The molecule has 1 aromatic rings. The highest BCUT2D eigenvalue weighted by Crippen LogP contribution is 2.39. The number of carbonyl (C=O) groups is 1. The zero-order valence-electron chi connectivity index (χ0n) is 9.99. The van der Waals surface area contributed by atoms with Crippen LogP contribution in [0, 0.1) is 0 Å². The SMILES string of the molecule is COc1ccc(CC(C)=O)c(OC)c1OC. The lowest BCUT2D eigenvalue weighted by Crippen LogP contribution is -2.02. The highest BCUT2D eigenvalue weighted by atomic mass is 16.5. The number of Topliss-reactive ketones (excluding diaryl/α,β-unsaturated/α-hetero) is 1. The van der Waals surface area contributed by atoms with Crippen LogP contribution in [0.5, 0.6) is 17.2 Å². The first-order valence-electron chi connectivity index (χ1n) is 4.91. The number of ketones is 1. The zero-order valence-corrected chi connectivity index (χ0v) is 9.99. The van der Waals surface area contributed by atoms with Crippen molar-refractivity contribution in [2.75, 3.05) is 21.3 Å². The Kier molecular flexibility index (Phi) is 4.17. The van der Waals surface area contributed by atoms with Gasteiger partial charge in [0.25, 0.3) is 0 Å². The van der Waals surface area contributed by atoms with E-state index in [9.17, 15) is 4.79 Å². The minimum atomic E-state index is 0.0746. The fourth-order valence-electron chi connectivity index (χ4n) is 1.57. The van der Waals surface area contributed by atoms with Crippen molar-refractivity contribution in [3.05, 3.63) is 17.7 Å². The summed E-state index contributed by atoms with van der Waals surface area (Å²) in [6, 6.07) is 3.57. The summed E-state index contributed by atoms with van der Waals surface area (Å²) < 4.78 is 15.6. The van der Waals surface area contributed by atoms with E-state index in [1.165, 1.54) is 14.0 Å². The van der Waals surface area contributed by atoms with E-state index in [1.54, 1.807) is 20.3 Å². The summed E-state index contributed by atoms with van der Waals surface area (Å²) >= 11 is 0. The van der Waals surface area contributed by atoms with Crippen LogP contribution in [0.2, 0.25) is 0 Å². The van der Waals surface area contributed by atoms with Crippen LogP contribution in [-0.4, -0.2) is 27.1 Å². The van der Waals surface area contributed by atoms with Gasteiger partial charge in [-0.05, 0) is 13.0 Å². The molecule has 0 N–H and O–H groups in total. The van der Waals surface area contributed by atoms with E-state index < -0.39 is 0 Å². The highest BCUT2D eigenvalue weighted by molar-refractivity contribution is 5.79. The van der Waals surface area contributed by atoms with Crippen molar-refractivity contribution in [3.63, 3.8) is 0 Å². The minimum absolute atomic E-state index is 0.0746. The molecule has 0 aromatic heterocycles. The Balaban J connectivity index is 3.25. The maximum absolute atomic E-state index is 11.1. The smallest absolute Gasteiger partial charge is 0.203 e. The third-order valence-corrected chi connectivity index (χ3v) is 2.23. The molecular formula is C12H16O4. The van der Waals surface area contributed by atoms with Gasteiger partial charge in [-0.3, -0.25) is 4.79 Å². The molecule has 0 bridgehead atoms. The van der Waals surface area contributed by atoms with Crippen LogP contribution in [0.1, 0.15) is 12.5 Å². The summed E-state index contributed by atoms with van der Waals surface area (Å²) in [6.07, 6.45) is 0.323. The van der Waals surface area contributed by atoms with E-state index >= 15 is 0 Å². The van der Waals surface area contributed by atoms with Gasteiger partial charge in [-0.25, -0.2) is 0 Å². The number of hydrogen-bond donors (Lipinski definition) is 0. The van der Waals surface area contributed by atoms with E-state index in [4.69, 9.17) is 14.2 Å². The van der Waals surface area contributed by atoms with Gasteiger partial charge in [-0.2, -0.15) is 0 Å². The molecule has 0 amide bonds. The van der Waals surface area contributed by atoms with Gasteiger partial charge in [0.05, 0.1) is 21.3 Å². The standard InChI is InChI=1S/C12H16O4/c1-8(13)7-9-5-6-10(14-2)12(16-4)11(9)15-3/h5-6H,7H2,1-4H3. The zero-order chi connectivity index (χ0) is 12.1. The summed E-state index contributed by atoms with van der Waals surface area (Å²) in [5.74, 6) is 1.73. The highest BCUT2D eigenvalue weighted by Gasteiger charge is 2.16. The van der Waals surface area contributed by atoms with Gasteiger partial charge in [0.2, 0.25) is 5.75 Å². The first kappa shape index (κ1) is 12.4. The Morgan fingerprint density at radius 2 is 1.69 bits per heavy atom. The molecule has 0 heterocycles. The molecule has 0 saturated carbocycles. The van der Waals surface area contributed by atoms with Crippen LogP contribution >= 0.6 is 0 Å². The lowest BCUT2D eigenvalue weighted by Gasteiger charge is -2.14. The molecule has 88 valence electrons. The van der Waals surface area contributed by atoms with Crippen molar-refractivity contribution in [1.82, 2.24) is 0 Å². The van der Waals surface area contributed by atoms with Crippen molar-refractivity contribution in [1.29, 1.82) is 0 Å². The van der Waals surface area contributed by atoms with Crippen LogP contribution < -0.4 is 14.2 Å². The predicted octanol–water partition coefficient (Wildman–Crippen LogP) is 1.84. The molecular weight excluding hydrogens is 208 g/mol. The number of benzene rings is 1. The van der Waals surface area contributed by atoms with Crippen LogP contribution in [-0.2, 0) is 11.2 Å². The number of hydrogen-bond acceptors (Lipinski definition) is 4. The lowest BCUT2D eigenvalue weighted by atomic mass is 10.1. The van der Waals surface area contributed by atoms with Crippen molar-refractivity contribution in [2.45, 2.75) is 13.3 Å². The summed E-state index contributed by atoms with van der Waals surface area (Å²) in [5.41, 5.74) is 0.799. The Hall–Kier alpha value is -1.71. The van der Waals surface area contributed by atoms with Gasteiger partial charge in [0.1, 0.15) is 5.78 Å². The second kappa shape index (κ2) is 5.39. The summed E-state index contributed by atoms with van der Waals surface area (Å²) in [7, 11) is 4.64. The van der Waals surface area contributed by atoms with E-state index in [2.05, 4.69) is 0 Å². The number of carbonyl (C=O) groups excluding carboxylic acids is 1. The molecule has 0 atom stereocenters. The van der Waals surface area contributed by atoms with Gasteiger partial charge < -0.3 is 14.2 Å². The molecule has 16 heavy (non-hydrogen) atoms. The van der Waals surface area contributed by atoms with Gasteiger partial charge >= 0.3 is 0 Å². The van der Waals surface area contributed by atoms with Crippen LogP contribution in [0.3, 0.4) is 0 Å². The molecule has 0 fully saturated rings. The second-order valence-corrected chi connectivity index (χ2v) is 3.37. The first-order chi connectivity index (χ1) is 7.63. The fourth-order valence-corrected chi connectivity index (χ4v) is 1.57. The molecule has 0 radical (unpaired) electrons. The molecule has 0 spiro atoms. The van der Waals surface area contributed by atoms with Gasteiger partial charge in [0, 0.05) is 12.0 Å². The maximum atomic E-state index is 11.1. The number of rotatable bonds is 5. The molecule has 0 unspecified atom stereocenters. The molecule has 1 aromatic carbocycles. The van der Waals surface area contributed by atoms with Crippen LogP contribution in [0.15, 0.2) is 12.1 Å². The molecule has 1 rings (SSSR count). The average Bonchev–Trinajstić information content (AvgIpc) is 2.27. The monoisotopic (exact) mass is 224 g/mol. The number of methoxy groups -OCH3 is 3. The van der Waals surface area contributed by atoms with E-state index in [-0.39, 0.29) is 5.78 Å². The average molecular weight is 224 g/mol. The topological polar surface area (TPSA) is 44.8 Å². The maximum Gasteiger partial charge on any atom is 0.203 e. The third kappa shape index (κ3) is 2.45. The van der Waals surface area contributed by atoms with Crippen LogP contribution in [0.25, 0.3) is 0 Å². The molecule has 4 nitrogen and oxygen atoms in total. The van der Waals surface area contributed by atoms with Gasteiger partial charge in [-0.15, -0.1) is 0 Å². The minimum Gasteiger partial charge on any atom is -0.493 e. The molecule has 0 aliphatic carbocycles. The Morgan fingerprint density at radius 1 is 1.06 bits per heavy atom. The van der Waals surface area contributed by atoms with Gasteiger partial charge in [0.15, 0.2) is 11.5 Å². The lowest BCUT2D eigenvalue weighted by molar-refractivity contribution is -0.116. The fraction of sp³-hybridized carbons (Fsp3) is 0.417. The van der Waals surface area contributed by atoms with Crippen LogP contribution in [0.4, 0.5) is 0 Å². The van der Waals surface area contributed by atoms with Crippen molar-refractivity contribution in [3.8, 4) is 17.2 Å². The van der Waals surface area contributed by atoms with Crippen molar-refractivity contribution < 1.29 is 19.0 Å². The molecule has 0 saturated heterocycles. The normalized spacial score (nSPS) is 9.75. The Bertz CT molecular complexity index is 385. The summed E-state index contributed by atoms with van der Waals surface area (Å²) in [5, 5.41) is 0. The number of ether oxygens (including phenoxy) is 3. The van der Waals surface area contributed by atoms with E-state index in [0.29, 0.717) is 23.7 Å².